The first-order valence-corrected chi connectivity index (χ1v) is 7.50. The summed E-state index contributed by atoms with van der Waals surface area (Å²) in [4.78, 5) is 2.03. The number of anilines is 2. The van der Waals surface area contributed by atoms with Crippen LogP contribution in [0.1, 0.15) is 37.0 Å². The Hall–Kier alpha value is -1.87. The van der Waals surface area contributed by atoms with Gasteiger partial charge in [0, 0.05) is 17.8 Å². The van der Waals surface area contributed by atoms with Crippen molar-refractivity contribution in [3.05, 3.63) is 59.4 Å². The number of fused-ring (bicyclic) bond motifs is 1. The summed E-state index contributed by atoms with van der Waals surface area (Å²) in [6.07, 6.45) is 2.45. The Morgan fingerprint density at radius 3 is 2.71 bits per heavy atom. The fraction of sp³-hybridized carbons (Fsp3) is 0.333. The predicted molar refractivity (Wildman–Crippen MR) is 83.4 cm³/mol. The Morgan fingerprint density at radius 2 is 1.90 bits per heavy atom. The van der Waals surface area contributed by atoms with Crippen LogP contribution in [0, 0.1) is 5.82 Å². The summed E-state index contributed by atoms with van der Waals surface area (Å²) in [5.74, 6) is -0.273. The zero-order chi connectivity index (χ0) is 14.8. The van der Waals surface area contributed by atoms with Gasteiger partial charge < -0.3 is 10.0 Å². The van der Waals surface area contributed by atoms with Gasteiger partial charge in [0.1, 0.15) is 5.82 Å². The molecule has 0 saturated heterocycles. The average molecular weight is 285 g/mol. The molecule has 0 spiro atoms. The third-order valence-electron chi connectivity index (χ3n) is 4.10. The van der Waals surface area contributed by atoms with Gasteiger partial charge in [-0.2, -0.15) is 0 Å². The quantitative estimate of drug-likeness (QED) is 0.886. The highest BCUT2D eigenvalue weighted by Gasteiger charge is 2.23. The normalized spacial score (nSPS) is 16.2. The van der Waals surface area contributed by atoms with Gasteiger partial charge in [-0.3, -0.25) is 0 Å². The lowest BCUT2D eigenvalue weighted by molar-refractivity contribution is 0.199. The van der Waals surface area contributed by atoms with Gasteiger partial charge >= 0.3 is 0 Å². The van der Waals surface area contributed by atoms with E-state index in [9.17, 15) is 9.50 Å². The van der Waals surface area contributed by atoms with E-state index in [-0.39, 0.29) is 5.82 Å². The van der Waals surface area contributed by atoms with Crippen LogP contribution in [0.2, 0.25) is 0 Å². The topological polar surface area (TPSA) is 23.5 Å². The first-order chi connectivity index (χ1) is 10.2. The average Bonchev–Trinajstić information content (AvgIpc) is 2.69. The lowest BCUT2D eigenvalue weighted by atomic mass is 10.0. The van der Waals surface area contributed by atoms with Gasteiger partial charge in [-0.1, -0.05) is 30.3 Å². The molecular formula is C18H20FNO. The molecule has 0 aromatic heterocycles. The first-order valence-electron chi connectivity index (χ1n) is 7.50. The third kappa shape index (κ3) is 2.66. The van der Waals surface area contributed by atoms with Crippen molar-refractivity contribution >= 4 is 11.4 Å². The van der Waals surface area contributed by atoms with Crippen LogP contribution in [0.4, 0.5) is 15.8 Å². The molecule has 2 aromatic rings. The number of hydrogen-bond donors (Lipinski definition) is 1. The van der Waals surface area contributed by atoms with Crippen LogP contribution >= 0.6 is 0 Å². The summed E-state index contributed by atoms with van der Waals surface area (Å²) < 4.78 is 14.5. The molecule has 0 fully saturated rings. The molecule has 0 bridgehead atoms. The Morgan fingerprint density at radius 1 is 1.10 bits per heavy atom. The monoisotopic (exact) mass is 285 g/mol. The number of hydrogen-bond acceptors (Lipinski definition) is 2. The van der Waals surface area contributed by atoms with Crippen molar-refractivity contribution in [2.75, 3.05) is 11.4 Å². The van der Waals surface area contributed by atoms with Crippen LogP contribution in [-0.2, 0) is 6.42 Å². The molecule has 21 heavy (non-hydrogen) atoms. The second-order valence-corrected chi connectivity index (χ2v) is 5.59. The largest absolute Gasteiger partial charge is 0.389 e. The van der Waals surface area contributed by atoms with Crippen molar-refractivity contribution in [1.29, 1.82) is 0 Å². The summed E-state index contributed by atoms with van der Waals surface area (Å²) in [5, 5.41) is 9.98. The number of rotatable bonds is 2. The number of aryl methyl sites for hydroxylation is 1. The third-order valence-corrected chi connectivity index (χ3v) is 4.10. The zero-order valence-electron chi connectivity index (χ0n) is 12.2. The maximum atomic E-state index is 14.5. The molecule has 3 rings (SSSR count). The molecule has 0 unspecified atom stereocenters. The molecule has 1 aliphatic heterocycles. The lowest BCUT2D eigenvalue weighted by Crippen LogP contribution is -2.21. The van der Waals surface area contributed by atoms with E-state index in [1.807, 2.05) is 23.1 Å². The molecule has 0 radical (unpaired) electrons. The van der Waals surface area contributed by atoms with Gasteiger partial charge in [0.2, 0.25) is 0 Å². The molecule has 110 valence electrons. The molecule has 1 atom stereocenters. The Bertz CT molecular complexity index is 639. The smallest absolute Gasteiger partial charge is 0.147 e. The number of aliphatic hydroxyl groups is 1. The summed E-state index contributed by atoms with van der Waals surface area (Å²) in [7, 11) is 0. The highest BCUT2D eigenvalue weighted by atomic mass is 19.1. The fourth-order valence-corrected chi connectivity index (χ4v) is 3.08. The summed E-state index contributed by atoms with van der Waals surface area (Å²) in [5.41, 5.74) is 3.46. The van der Waals surface area contributed by atoms with Gasteiger partial charge in [-0.15, -0.1) is 0 Å². The van der Waals surface area contributed by atoms with Gasteiger partial charge in [0.15, 0.2) is 0 Å². The Kier molecular flexibility index (Phi) is 3.93. The second kappa shape index (κ2) is 5.86. The zero-order valence-corrected chi connectivity index (χ0v) is 12.2. The van der Waals surface area contributed by atoms with E-state index >= 15 is 0 Å². The van der Waals surface area contributed by atoms with E-state index in [0.717, 1.165) is 31.5 Å². The highest BCUT2D eigenvalue weighted by molar-refractivity contribution is 5.70. The molecule has 2 nitrogen and oxygen atoms in total. The van der Waals surface area contributed by atoms with E-state index < -0.39 is 6.10 Å². The standard InChI is InChI=1S/C18H20FNO/c1-13(21)15-9-6-10-16(19)18(15)20-12-5-4-8-14-7-2-3-11-17(14)20/h2-3,6-7,9-11,13,21H,4-5,8,12H2,1H3/t13-/m1/s1. The van der Waals surface area contributed by atoms with Crippen molar-refractivity contribution in [2.45, 2.75) is 32.3 Å². The van der Waals surface area contributed by atoms with Crippen LogP contribution in [0.5, 0.6) is 0 Å². The predicted octanol–water partition coefficient (Wildman–Crippen LogP) is 4.35. The van der Waals surface area contributed by atoms with E-state index in [0.29, 0.717) is 11.3 Å². The molecule has 3 heteroatoms. The van der Waals surface area contributed by atoms with Gasteiger partial charge in [-0.05, 0) is 43.9 Å². The van der Waals surface area contributed by atoms with Crippen molar-refractivity contribution in [3.8, 4) is 0 Å². The van der Waals surface area contributed by atoms with Gasteiger partial charge in [0.05, 0.1) is 11.8 Å². The van der Waals surface area contributed by atoms with E-state index in [2.05, 4.69) is 6.07 Å². The fourth-order valence-electron chi connectivity index (χ4n) is 3.08. The molecule has 1 N–H and O–H groups in total. The summed E-state index contributed by atoms with van der Waals surface area (Å²) in [6.45, 7) is 2.46. The highest BCUT2D eigenvalue weighted by Crippen LogP contribution is 2.38. The van der Waals surface area contributed by atoms with Crippen LogP contribution < -0.4 is 4.90 Å². The van der Waals surface area contributed by atoms with Crippen LogP contribution in [0.3, 0.4) is 0 Å². The van der Waals surface area contributed by atoms with Crippen molar-refractivity contribution in [3.63, 3.8) is 0 Å². The minimum absolute atomic E-state index is 0.273. The number of nitrogens with zero attached hydrogens (tertiary/aromatic N) is 1. The number of aliphatic hydroxyl groups excluding tert-OH is 1. The van der Waals surface area contributed by atoms with E-state index in [1.54, 1.807) is 19.1 Å². The molecule has 0 saturated carbocycles. The molecule has 1 aliphatic rings. The number of halogens is 1. The molecule has 0 aliphatic carbocycles. The van der Waals surface area contributed by atoms with Crippen molar-refractivity contribution < 1.29 is 9.50 Å². The number of benzene rings is 2. The lowest BCUT2D eigenvalue weighted by Gasteiger charge is -2.28. The van der Waals surface area contributed by atoms with Gasteiger partial charge in [-0.25, -0.2) is 4.39 Å². The maximum Gasteiger partial charge on any atom is 0.147 e. The molecule has 2 aromatic carbocycles. The Balaban J connectivity index is 2.17. The minimum Gasteiger partial charge on any atom is -0.389 e. The Labute approximate surface area is 124 Å². The second-order valence-electron chi connectivity index (χ2n) is 5.59. The van der Waals surface area contributed by atoms with E-state index in [1.165, 1.54) is 11.6 Å². The first kappa shape index (κ1) is 14.1. The number of para-hydroxylation sites is 2. The van der Waals surface area contributed by atoms with Crippen LogP contribution in [0.15, 0.2) is 42.5 Å². The molecular weight excluding hydrogens is 265 g/mol. The molecule has 0 amide bonds. The van der Waals surface area contributed by atoms with Crippen LogP contribution in [0.25, 0.3) is 0 Å². The molecule has 1 heterocycles. The van der Waals surface area contributed by atoms with Gasteiger partial charge in [0.25, 0.3) is 0 Å². The maximum absolute atomic E-state index is 14.5. The minimum atomic E-state index is -0.689. The summed E-state index contributed by atoms with van der Waals surface area (Å²) >= 11 is 0. The SMILES string of the molecule is C[C@@H](O)c1cccc(F)c1N1CCCCc2ccccc21. The summed E-state index contributed by atoms with van der Waals surface area (Å²) in [6, 6.07) is 13.1. The van der Waals surface area contributed by atoms with Crippen molar-refractivity contribution in [1.82, 2.24) is 0 Å². The van der Waals surface area contributed by atoms with Crippen molar-refractivity contribution in [2.24, 2.45) is 0 Å². The van der Waals surface area contributed by atoms with Crippen LogP contribution in [-0.4, -0.2) is 11.7 Å². The van der Waals surface area contributed by atoms with E-state index in [4.69, 9.17) is 0 Å².